The minimum Gasteiger partial charge on any atom is -0.463 e. The highest BCUT2D eigenvalue weighted by molar-refractivity contribution is 5.73. The van der Waals surface area contributed by atoms with Gasteiger partial charge in [-0.3, -0.25) is 9.59 Å². The van der Waals surface area contributed by atoms with E-state index in [0.717, 1.165) is 103 Å². The van der Waals surface area contributed by atoms with Crippen molar-refractivity contribution in [2.45, 2.75) is 226 Å². The number of nitrogens with zero attached hydrogens (tertiary/aromatic N) is 1. The van der Waals surface area contributed by atoms with Crippen LogP contribution in [0.1, 0.15) is 213 Å². The largest absolute Gasteiger partial charge is 0.463 e. The van der Waals surface area contributed by atoms with Gasteiger partial charge in [-0.2, -0.15) is 0 Å². The number of carbonyl (C=O) groups excluding carboxylic acids is 2. The third-order valence-electron chi connectivity index (χ3n) is 13.2. The van der Waals surface area contributed by atoms with Crippen molar-refractivity contribution in [2.24, 2.45) is 17.8 Å². The van der Waals surface area contributed by atoms with Crippen molar-refractivity contribution in [1.82, 2.24) is 4.90 Å². The molecule has 0 bridgehead atoms. The molecule has 1 saturated carbocycles. The number of carbonyl (C=O) groups is 2. The van der Waals surface area contributed by atoms with Crippen LogP contribution in [-0.4, -0.2) is 75.6 Å². The summed E-state index contributed by atoms with van der Waals surface area (Å²) in [7, 11) is 2.11. The van der Waals surface area contributed by atoms with Crippen LogP contribution in [0.15, 0.2) is 60.8 Å². The van der Waals surface area contributed by atoms with Gasteiger partial charge in [0.2, 0.25) is 0 Å². The van der Waals surface area contributed by atoms with E-state index in [1.54, 1.807) is 0 Å². The molecule has 2 rings (SSSR count). The molecule has 64 heavy (non-hydrogen) atoms. The normalized spacial score (nSPS) is 19.4. The van der Waals surface area contributed by atoms with Gasteiger partial charge in [0.25, 0.3) is 0 Å². The Labute approximate surface area is 394 Å². The first-order valence-corrected chi connectivity index (χ1v) is 27.0. The third kappa shape index (κ3) is 31.4. The number of allylic oxidation sites excluding steroid dienone is 10. The van der Waals surface area contributed by atoms with E-state index in [1.165, 1.54) is 103 Å². The van der Waals surface area contributed by atoms with Gasteiger partial charge >= 0.3 is 11.9 Å². The fourth-order valence-electron chi connectivity index (χ4n) is 8.92. The van der Waals surface area contributed by atoms with Gasteiger partial charge in [0.15, 0.2) is 0 Å². The minimum absolute atomic E-state index is 0.0154. The summed E-state index contributed by atoms with van der Waals surface area (Å²) in [6.45, 7) is 10.8. The van der Waals surface area contributed by atoms with Crippen LogP contribution in [0.4, 0.5) is 0 Å². The van der Waals surface area contributed by atoms with Crippen LogP contribution < -0.4 is 0 Å². The molecule has 0 aromatic carbocycles. The van der Waals surface area contributed by atoms with E-state index in [2.05, 4.69) is 93.5 Å². The van der Waals surface area contributed by atoms with Crippen molar-refractivity contribution in [2.75, 3.05) is 46.6 Å². The van der Waals surface area contributed by atoms with Crippen molar-refractivity contribution in [3.05, 3.63) is 60.8 Å². The molecule has 0 aromatic heterocycles. The molecule has 2 fully saturated rings. The van der Waals surface area contributed by atoms with Crippen molar-refractivity contribution in [3.8, 4) is 0 Å². The maximum Gasteiger partial charge on any atom is 0.309 e. The topological polar surface area (TPSA) is 74.3 Å². The van der Waals surface area contributed by atoms with Gasteiger partial charge in [-0.25, -0.2) is 0 Å². The molecule has 0 N–H and O–H groups in total. The van der Waals surface area contributed by atoms with E-state index in [0.29, 0.717) is 19.6 Å². The Morgan fingerprint density at radius 1 is 0.594 bits per heavy atom. The molecule has 1 aliphatic heterocycles. The zero-order valence-corrected chi connectivity index (χ0v) is 42.0. The van der Waals surface area contributed by atoms with Crippen molar-refractivity contribution in [1.29, 1.82) is 0 Å². The second-order valence-electron chi connectivity index (χ2n) is 18.9. The standard InChI is InChI=1S/C57H99NO6/c1-5-8-11-13-15-17-19-21-23-25-27-29-31-33-36-46-61-48-43-53(62-47-37-34-32-30-28-26-24-22-20-18-16-14-12-9-6-2)50-63-56(59)49-52-39-40-55(54(52)38-35-10-7-3)64-57(60)51-41-44-58(4)45-42-51/h10,13,15-16,18-19,21-22,24,35,51-55H,5-9,11-12,14,17,20,23,25-34,36-50H2,1-4H3/b15-13-,18-16-,21-19-,24-22-,35-10-. The molecule has 0 amide bonds. The Kier molecular flexibility index (Phi) is 37.8. The molecule has 4 atom stereocenters. The second kappa shape index (κ2) is 41.9. The number of piperidine rings is 1. The first-order valence-electron chi connectivity index (χ1n) is 27.0. The van der Waals surface area contributed by atoms with Crippen LogP contribution >= 0.6 is 0 Å². The molecule has 0 aromatic rings. The fourth-order valence-corrected chi connectivity index (χ4v) is 8.92. The summed E-state index contributed by atoms with van der Waals surface area (Å²) in [5, 5.41) is 0. The summed E-state index contributed by atoms with van der Waals surface area (Å²) in [6, 6.07) is 0. The lowest BCUT2D eigenvalue weighted by molar-refractivity contribution is -0.158. The molecule has 0 spiro atoms. The van der Waals surface area contributed by atoms with E-state index < -0.39 is 0 Å². The van der Waals surface area contributed by atoms with Gasteiger partial charge in [-0.1, -0.05) is 152 Å². The smallest absolute Gasteiger partial charge is 0.309 e. The monoisotopic (exact) mass is 894 g/mol. The van der Waals surface area contributed by atoms with E-state index in [4.69, 9.17) is 18.9 Å². The lowest BCUT2D eigenvalue weighted by atomic mass is 9.88. The summed E-state index contributed by atoms with van der Waals surface area (Å²) in [5.74, 6) is 0.0450. The lowest BCUT2D eigenvalue weighted by Crippen LogP contribution is -2.36. The fraction of sp³-hybridized carbons (Fsp3) is 0.789. The van der Waals surface area contributed by atoms with E-state index in [1.807, 2.05) is 0 Å². The van der Waals surface area contributed by atoms with Crippen LogP contribution in [0.25, 0.3) is 0 Å². The minimum atomic E-state index is -0.172. The summed E-state index contributed by atoms with van der Waals surface area (Å²) < 4.78 is 24.6. The molecule has 0 radical (unpaired) electrons. The SMILES string of the molecule is CC/C=C\CC1C(CC(=O)OCC(CCOCCCCCCCC/C=C\C/C=C\CCCC)OCCCCCCC/C=C\C/C=C\CCCCC)CCC1OC(=O)C1CCN(C)CC1. The van der Waals surface area contributed by atoms with Gasteiger partial charge in [0.1, 0.15) is 12.7 Å². The van der Waals surface area contributed by atoms with Gasteiger partial charge in [-0.15, -0.1) is 0 Å². The quantitative estimate of drug-likeness (QED) is 0.0344. The summed E-state index contributed by atoms with van der Waals surface area (Å²) in [4.78, 5) is 28.9. The van der Waals surface area contributed by atoms with Crippen LogP contribution in [-0.2, 0) is 28.5 Å². The van der Waals surface area contributed by atoms with Crippen LogP contribution in [0.5, 0.6) is 0 Å². The Bertz CT molecular complexity index is 1250. The molecular formula is C57H99NO6. The molecule has 1 heterocycles. The lowest BCUT2D eigenvalue weighted by Gasteiger charge is -2.30. The zero-order chi connectivity index (χ0) is 46.0. The number of hydrogen-bond acceptors (Lipinski definition) is 7. The predicted molar refractivity (Wildman–Crippen MR) is 271 cm³/mol. The number of likely N-dealkylation sites (tertiary alicyclic amines) is 1. The molecule has 1 saturated heterocycles. The number of rotatable bonds is 41. The van der Waals surface area contributed by atoms with Crippen molar-refractivity contribution < 1.29 is 28.5 Å². The summed E-state index contributed by atoms with van der Waals surface area (Å²) in [5.41, 5.74) is 0. The summed E-state index contributed by atoms with van der Waals surface area (Å²) in [6.07, 6.45) is 55.5. The highest BCUT2D eigenvalue weighted by Gasteiger charge is 2.40. The van der Waals surface area contributed by atoms with Crippen LogP contribution in [0.2, 0.25) is 0 Å². The molecule has 4 unspecified atom stereocenters. The molecule has 2 aliphatic rings. The first kappa shape index (κ1) is 57.6. The third-order valence-corrected chi connectivity index (χ3v) is 13.2. The van der Waals surface area contributed by atoms with E-state index in [9.17, 15) is 9.59 Å². The average Bonchev–Trinajstić information content (AvgIpc) is 3.66. The van der Waals surface area contributed by atoms with Gasteiger partial charge in [0.05, 0.1) is 12.0 Å². The average molecular weight is 894 g/mol. The highest BCUT2D eigenvalue weighted by Crippen LogP contribution is 2.40. The zero-order valence-electron chi connectivity index (χ0n) is 42.0. The molecule has 1 aliphatic carbocycles. The van der Waals surface area contributed by atoms with Gasteiger partial charge < -0.3 is 23.8 Å². The molecule has 368 valence electrons. The predicted octanol–water partition coefficient (Wildman–Crippen LogP) is 15.2. The number of unbranched alkanes of at least 4 members (excludes halogenated alkanes) is 16. The first-order chi connectivity index (χ1) is 31.5. The molecule has 7 heteroatoms. The van der Waals surface area contributed by atoms with Crippen LogP contribution in [0.3, 0.4) is 0 Å². The molecule has 7 nitrogen and oxygen atoms in total. The van der Waals surface area contributed by atoms with E-state index in [-0.39, 0.29) is 48.5 Å². The maximum atomic E-state index is 13.4. The van der Waals surface area contributed by atoms with Crippen molar-refractivity contribution in [3.63, 3.8) is 0 Å². The second-order valence-corrected chi connectivity index (χ2v) is 18.9. The number of hydrogen-bond donors (Lipinski definition) is 0. The number of esters is 2. The Morgan fingerprint density at radius 3 is 1.77 bits per heavy atom. The van der Waals surface area contributed by atoms with Crippen molar-refractivity contribution >= 4 is 11.9 Å². The Morgan fingerprint density at radius 2 is 1.16 bits per heavy atom. The summed E-state index contributed by atoms with van der Waals surface area (Å²) >= 11 is 0. The molecular weight excluding hydrogens is 795 g/mol. The van der Waals surface area contributed by atoms with E-state index >= 15 is 0 Å². The van der Waals surface area contributed by atoms with Gasteiger partial charge in [0, 0.05) is 38.6 Å². The maximum absolute atomic E-state index is 13.4. The Hall–Kier alpha value is -2.48. The number of ether oxygens (including phenoxy) is 4. The van der Waals surface area contributed by atoms with Gasteiger partial charge in [-0.05, 0) is 135 Å². The Balaban J connectivity index is 1.74. The highest BCUT2D eigenvalue weighted by atomic mass is 16.6. The van der Waals surface area contributed by atoms with Crippen LogP contribution in [0, 0.1) is 17.8 Å².